The van der Waals surface area contributed by atoms with Gasteiger partial charge in [-0.15, -0.1) is 0 Å². The maximum atomic E-state index is 12.5. The van der Waals surface area contributed by atoms with Gasteiger partial charge >= 0.3 is 5.97 Å². The normalized spacial score (nSPS) is 16.9. The quantitative estimate of drug-likeness (QED) is 0.735. The van der Waals surface area contributed by atoms with Crippen molar-refractivity contribution in [1.82, 2.24) is 4.90 Å². The molecule has 0 aromatic heterocycles. The molecule has 3 rings (SSSR count). The van der Waals surface area contributed by atoms with Crippen LogP contribution in [0.1, 0.15) is 12.8 Å². The molecular weight excluding hydrogens is 384 g/mol. The molecule has 1 amide bonds. The van der Waals surface area contributed by atoms with Crippen molar-refractivity contribution < 1.29 is 14.3 Å². The molecule has 1 atom stereocenters. The highest BCUT2D eigenvalue weighted by Gasteiger charge is 2.32. The van der Waals surface area contributed by atoms with Gasteiger partial charge in [0.1, 0.15) is 6.04 Å². The largest absolute Gasteiger partial charge is 0.468 e. The van der Waals surface area contributed by atoms with Gasteiger partial charge in [0, 0.05) is 14.8 Å². The minimum atomic E-state index is -0.334. The van der Waals surface area contributed by atoms with Crippen molar-refractivity contribution in [2.45, 2.75) is 28.7 Å². The minimum Gasteiger partial charge on any atom is -0.468 e. The minimum absolute atomic E-state index is 0.144. The van der Waals surface area contributed by atoms with Gasteiger partial charge in [-0.25, -0.2) is 0 Å². The summed E-state index contributed by atoms with van der Waals surface area (Å²) in [6, 6.07) is 14.9. The van der Waals surface area contributed by atoms with Gasteiger partial charge in [-0.3, -0.25) is 14.5 Å². The lowest BCUT2D eigenvalue weighted by atomic mass is 10.2. The molecule has 0 aliphatic carbocycles. The average Bonchev–Trinajstić information content (AvgIpc) is 3.12. The summed E-state index contributed by atoms with van der Waals surface area (Å²) < 4.78 is 4.83. The fraction of sp³-hybridized carbons (Fsp3) is 0.300. The van der Waals surface area contributed by atoms with Crippen LogP contribution in [0.4, 0.5) is 5.69 Å². The Bertz CT molecular complexity index is 813. The number of esters is 1. The first-order valence-corrected chi connectivity index (χ1v) is 9.90. The van der Waals surface area contributed by atoms with Gasteiger partial charge in [-0.05, 0) is 55.8 Å². The first-order valence-electron chi connectivity index (χ1n) is 8.71. The van der Waals surface area contributed by atoms with Crippen LogP contribution in [0.25, 0.3) is 0 Å². The lowest BCUT2D eigenvalue weighted by molar-refractivity contribution is -0.146. The lowest BCUT2D eigenvalue weighted by Gasteiger charge is -2.22. The van der Waals surface area contributed by atoms with Gasteiger partial charge in [0.25, 0.3) is 0 Å². The molecule has 5 nitrogen and oxygen atoms in total. The summed E-state index contributed by atoms with van der Waals surface area (Å²) in [7, 11) is 1.38. The molecule has 0 radical (unpaired) electrons. The molecule has 0 spiro atoms. The Balaban J connectivity index is 1.66. The van der Waals surface area contributed by atoms with Crippen molar-refractivity contribution in [1.29, 1.82) is 0 Å². The van der Waals surface area contributed by atoms with E-state index in [9.17, 15) is 9.59 Å². The summed E-state index contributed by atoms with van der Waals surface area (Å²) in [6.45, 7) is 0.883. The number of nitrogens with one attached hydrogen (secondary N) is 1. The number of nitrogens with zero attached hydrogens (tertiary/aromatic N) is 1. The van der Waals surface area contributed by atoms with Crippen LogP contribution in [0.15, 0.2) is 58.3 Å². The smallest absolute Gasteiger partial charge is 0.323 e. The van der Waals surface area contributed by atoms with Crippen LogP contribution in [0, 0.1) is 0 Å². The van der Waals surface area contributed by atoms with Crippen molar-refractivity contribution in [2.24, 2.45) is 0 Å². The molecule has 1 heterocycles. The first-order chi connectivity index (χ1) is 13.1. The van der Waals surface area contributed by atoms with Gasteiger partial charge in [-0.2, -0.15) is 0 Å². The van der Waals surface area contributed by atoms with E-state index in [0.717, 1.165) is 28.3 Å². The monoisotopic (exact) mass is 404 g/mol. The summed E-state index contributed by atoms with van der Waals surface area (Å²) in [5.41, 5.74) is 0.747. The van der Waals surface area contributed by atoms with Crippen LogP contribution in [0.3, 0.4) is 0 Å². The predicted molar refractivity (Wildman–Crippen MR) is 107 cm³/mol. The van der Waals surface area contributed by atoms with Crippen molar-refractivity contribution in [2.75, 3.05) is 25.5 Å². The molecular formula is C20H21ClN2O3S. The van der Waals surface area contributed by atoms with Crippen molar-refractivity contribution in [3.8, 4) is 0 Å². The Labute approximate surface area is 168 Å². The molecule has 0 bridgehead atoms. The summed E-state index contributed by atoms with van der Waals surface area (Å²) in [5, 5.41) is 3.65. The summed E-state index contributed by atoms with van der Waals surface area (Å²) in [6.07, 6.45) is 1.61. The van der Waals surface area contributed by atoms with Gasteiger partial charge in [0.15, 0.2) is 0 Å². The average molecular weight is 405 g/mol. The van der Waals surface area contributed by atoms with Gasteiger partial charge in [-0.1, -0.05) is 35.5 Å². The number of ether oxygens (including phenoxy) is 1. The van der Waals surface area contributed by atoms with Crippen molar-refractivity contribution in [3.63, 3.8) is 0 Å². The van der Waals surface area contributed by atoms with E-state index in [0.29, 0.717) is 11.6 Å². The molecule has 27 heavy (non-hydrogen) atoms. The Morgan fingerprint density at radius 3 is 2.70 bits per heavy atom. The van der Waals surface area contributed by atoms with E-state index in [1.807, 2.05) is 53.4 Å². The number of likely N-dealkylation sites (tertiary alicyclic amines) is 1. The highest BCUT2D eigenvalue weighted by Crippen LogP contribution is 2.34. The molecule has 1 unspecified atom stereocenters. The zero-order valence-electron chi connectivity index (χ0n) is 15.0. The Kier molecular flexibility index (Phi) is 6.77. The van der Waals surface area contributed by atoms with E-state index < -0.39 is 0 Å². The summed E-state index contributed by atoms with van der Waals surface area (Å²) >= 11 is 7.49. The first kappa shape index (κ1) is 19.7. The Morgan fingerprint density at radius 1 is 1.22 bits per heavy atom. The second-order valence-electron chi connectivity index (χ2n) is 6.25. The van der Waals surface area contributed by atoms with Crippen LogP contribution >= 0.6 is 23.4 Å². The SMILES string of the molecule is COC(=O)C1CCCN1CC(=O)Nc1ccccc1Sc1ccc(Cl)cc1. The number of anilines is 1. The standard InChI is InChI=1S/C20H21ClN2O3S/c1-26-20(25)17-6-4-12-23(17)13-19(24)22-16-5-2-3-7-18(16)27-15-10-8-14(21)9-11-15/h2-3,5,7-11,17H,4,6,12-13H2,1H3,(H,22,24). The van der Waals surface area contributed by atoms with E-state index >= 15 is 0 Å². The molecule has 1 fully saturated rings. The van der Waals surface area contributed by atoms with Crippen LogP contribution < -0.4 is 5.32 Å². The van der Waals surface area contributed by atoms with Gasteiger partial charge in [0.2, 0.25) is 5.91 Å². The molecule has 2 aromatic carbocycles. The molecule has 1 aliphatic rings. The fourth-order valence-electron chi connectivity index (χ4n) is 3.08. The number of rotatable bonds is 6. The van der Waals surface area contributed by atoms with Gasteiger partial charge < -0.3 is 10.1 Å². The van der Waals surface area contributed by atoms with Crippen LogP contribution in [0.5, 0.6) is 0 Å². The summed E-state index contributed by atoms with van der Waals surface area (Å²) in [4.78, 5) is 28.2. The van der Waals surface area contributed by atoms with Crippen molar-refractivity contribution in [3.05, 3.63) is 53.6 Å². The third-order valence-corrected chi connectivity index (χ3v) is 5.72. The number of carbonyl (C=O) groups is 2. The van der Waals surface area contributed by atoms with E-state index in [-0.39, 0.29) is 24.5 Å². The number of amides is 1. The van der Waals surface area contributed by atoms with E-state index in [2.05, 4.69) is 5.32 Å². The second-order valence-corrected chi connectivity index (χ2v) is 7.80. The number of halogens is 1. The van der Waals surface area contributed by atoms with E-state index in [1.54, 1.807) is 11.8 Å². The van der Waals surface area contributed by atoms with Gasteiger partial charge in [0.05, 0.1) is 19.3 Å². The summed E-state index contributed by atoms with van der Waals surface area (Å²) in [5.74, 6) is -0.422. The number of carbonyl (C=O) groups excluding carboxylic acids is 2. The van der Waals surface area contributed by atoms with Crippen LogP contribution in [-0.4, -0.2) is 43.0 Å². The number of para-hydroxylation sites is 1. The molecule has 2 aromatic rings. The number of hydrogen-bond acceptors (Lipinski definition) is 5. The maximum absolute atomic E-state index is 12.5. The highest BCUT2D eigenvalue weighted by atomic mass is 35.5. The third-order valence-electron chi connectivity index (χ3n) is 4.39. The molecule has 142 valence electrons. The number of benzene rings is 2. The zero-order chi connectivity index (χ0) is 19.2. The topological polar surface area (TPSA) is 58.6 Å². The lowest BCUT2D eigenvalue weighted by Crippen LogP contribution is -2.41. The zero-order valence-corrected chi connectivity index (χ0v) is 16.6. The molecule has 1 N–H and O–H groups in total. The molecule has 0 saturated carbocycles. The molecule has 7 heteroatoms. The number of hydrogen-bond donors (Lipinski definition) is 1. The number of methoxy groups -OCH3 is 1. The van der Waals surface area contributed by atoms with Crippen molar-refractivity contribution >= 4 is 40.9 Å². The van der Waals surface area contributed by atoms with E-state index in [4.69, 9.17) is 16.3 Å². The van der Waals surface area contributed by atoms with Crippen LogP contribution in [-0.2, 0) is 14.3 Å². The third kappa shape index (κ3) is 5.25. The molecule has 1 saturated heterocycles. The van der Waals surface area contributed by atoms with E-state index in [1.165, 1.54) is 7.11 Å². The Hall–Kier alpha value is -2.02. The second kappa shape index (κ2) is 9.26. The molecule has 1 aliphatic heterocycles. The Morgan fingerprint density at radius 2 is 1.96 bits per heavy atom. The van der Waals surface area contributed by atoms with Crippen LogP contribution in [0.2, 0.25) is 5.02 Å². The predicted octanol–water partition coefficient (Wildman–Crippen LogP) is 4.07. The maximum Gasteiger partial charge on any atom is 0.323 e. The highest BCUT2D eigenvalue weighted by molar-refractivity contribution is 7.99. The fourth-order valence-corrected chi connectivity index (χ4v) is 4.11.